The summed E-state index contributed by atoms with van der Waals surface area (Å²) in [5.74, 6) is 0. The zero-order chi connectivity index (χ0) is 14.5. The number of aromatic nitrogens is 2. The molecule has 0 aliphatic carbocycles. The molecule has 2 N–H and O–H groups in total. The number of para-hydroxylation sites is 1. The Hall–Kier alpha value is -2.29. The summed E-state index contributed by atoms with van der Waals surface area (Å²) in [6.07, 6.45) is 5.42. The lowest BCUT2D eigenvalue weighted by Gasteiger charge is -2.20. The van der Waals surface area contributed by atoms with Crippen molar-refractivity contribution < 1.29 is 0 Å². The second-order valence-electron chi connectivity index (χ2n) is 5.39. The zero-order valence-corrected chi connectivity index (χ0v) is 12.3. The fourth-order valence-electron chi connectivity index (χ4n) is 2.69. The van der Waals surface area contributed by atoms with E-state index >= 15 is 0 Å². The molecule has 2 aromatic carbocycles. The third-order valence-corrected chi connectivity index (χ3v) is 3.85. The number of nitrogens with one attached hydrogen (secondary N) is 2. The van der Waals surface area contributed by atoms with Gasteiger partial charge in [-0.25, -0.2) is 0 Å². The number of fused-ring (bicyclic) bond motifs is 1. The van der Waals surface area contributed by atoms with Gasteiger partial charge in [0.05, 0.1) is 23.4 Å². The maximum absolute atomic E-state index is 4.14. The Morgan fingerprint density at radius 3 is 2.76 bits per heavy atom. The van der Waals surface area contributed by atoms with Gasteiger partial charge >= 0.3 is 0 Å². The number of nitrogens with zero attached hydrogens (tertiary/aromatic N) is 1. The molecule has 3 aromatic rings. The van der Waals surface area contributed by atoms with Gasteiger partial charge in [-0.05, 0) is 18.1 Å². The molecule has 1 atom stereocenters. The molecule has 1 aromatic heterocycles. The van der Waals surface area contributed by atoms with Crippen LogP contribution in [0.1, 0.15) is 37.8 Å². The highest BCUT2D eigenvalue weighted by atomic mass is 15.1. The summed E-state index contributed by atoms with van der Waals surface area (Å²) in [5.41, 5.74) is 3.53. The normalized spacial score (nSPS) is 12.4. The van der Waals surface area contributed by atoms with Crippen molar-refractivity contribution in [3.05, 3.63) is 60.3 Å². The van der Waals surface area contributed by atoms with Crippen LogP contribution in [0.5, 0.6) is 0 Å². The maximum Gasteiger partial charge on any atom is 0.0881 e. The van der Waals surface area contributed by atoms with E-state index in [2.05, 4.69) is 71.0 Å². The van der Waals surface area contributed by atoms with Crippen LogP contribution in [0.4, 0.5) is 5.69 Å². The Morgan fingerprint density at radius 1 is 1.10 bits per heavy atom. The van der Waals surface area contributed by atoms with Crippen molar-refractivity contribution in [3.63, 3.8) is 0 Å². The lowest BCUT2D eigenvalue weighted by molar-refractivity contribution is 0.635. The van der Waals surface area contributed by atoms with Gasteiger partial charge in [0.15, 0.2) is 0 Å². The van der Waals surface area contributed by atoms with E-state index < -0.39 is 0 Å². The van der Waals surface area contributed by atoms with Gasteiger partial charge in [0.2, 0.25) is 0 Å². The molecule has 0 amide bonds. The van der Waals surface area contributed by atoms with Crippen molar-refractivity contribution in [1.29, 1.82) is 0 Å². The minimum absolute atomic E-state index is 0.333. The van der Waals surface area contributed by atoms with Crippen LogP contribution < -0.4 is 5.32 Å². The Balaban J connectivity index is 1.89. The minimum atomic E-state index is 0.333. The molecule has 0 radical (unpaired) electrons. The minimum Gasteiger partial charge on any atom is -0.376 e. The van der Waals surface area contributed by atoms with E-state index in [1.165, 1.54) is 18.4 Å². The summed E-state index contributed by atoms with van der Waals surface area (Å²) < 4.78 is 0. The molecular formula is C18H21N3. The Bertz CT molecular complexity index is 688. The summed E-state index contributed by atoms with van der Waals surface area (Å²) in [6, 6.07) is 17.3. The van der Waals surface area contributed by atoms with E-state index in [-0.39, 0.29) is 0 Å². The molecule has 0 spiro atoms. The molecule has 3 rings (SSSR count). The van der Waals surface area contributed by atoms with Crippen LogP contribution in [0.2, 0.25) is 0 Å². The van der Waals surface area contributed by atoms with Crippen molar-refractivity contribution in [2.45, 2.75) is 32.2 Å². The van der Waals surface area contributed by atoms with Crippen LogP contribution in [0.3, 0.4) is 0 Å². The lowest BCUT2D eigenvalue weighted by Crippen LogP contribution is -2.11. The van der Waals surface area contributed by atoms with E-state index in [0.717, 1.165) is 23.0 Å². The standard InChI is InChI=1S/C18H21N3/c1-2-3-11-16(14-8-5-4-6-9-14)20-17-12-7-10-15-13-19-21-18(15)17/h4-10,12-13,16,20H,2-3,11H2,1H3,(H,19,21). The van der Waals surface area contributed by atoms with Crippen LogP contribution >= 0.6 is 0 Å². The number of anilines is 1. The highest BCUT2D eigenvalue weighted by Gasteiger charge is 2.12. The topological polar surface area (TPSA) is 40.7 Å². The third kappa shape index (κ3) is 3.07. The Morgan fingerprint density at radius 2 is 1.95 bits per heavy atom. The van der Waals surface area contributed by atoms with Crippen molar-refractivity contribution >= 4 is 16.6 Å². The van der Waals surface area contributed by atoms with Crippen molar-refractivity contribution in [2.24, 2.45) is 0 Å². The number of hydrogen-bond donors (Lipinski definition) is 2. The molecule has 0 aliphatic heterocycles. The largest absolute Gasteiger partial charge is 0.376 e. The first kappa shape index (κ1) is 13.7. The van der Waals surface area contributed by atoms with E-state index in [1.54, 1.807) is 0 Å². The predicted octanol–water partition coefficient (Wildman–Crippen LogP) is 4.91. The average Bonchev–Trinajstić information content (AvgIpc) is 3.01. The van der Waals surface area contributed by atoms with Crippen molar-refractivity contribution in [1.82, 2.24) is 10.2 Å². The van der Waals surface area contributed by atoms with Gasteiger partial charge in [0, 0.05) is 5.39 Å². The second-order valence-corrected chi connectivity index (χ2v) is 5.39. The zero-order valence-electron chi connectivity index (χ0n) is 12.3. The summed E-state index contributed by atoms with van der Waals surface area (Å²) in [6.45, 7) is 2.23. The first-order chi connectivity index (χ1) is 10.4. The third-order valence-electron chi connectivity index (χ3n) is 3.85. The molecular weight excluding hydrogens is 258 g/mol. The molecule has 1 heterocycles. The van der Waals surface area contributed by atoms with E-state index in [9.17, 15) is 0 Å². The Kier molecular flexibility index (Phi) is 4.20. The number of rotatable bonds is 6. The maximum atomic E-state index is 4.14. The molecule has 0 aliphatic rings. The van der Waals surface area contributed by atoms with Crippen LogP contribution in [0.25, 0.3) is 10.9 Å². The van der Waals surface area contributed by atoms with Crippen LogP contribution in [-0.2, 0) is 0 Å². The Labute approximate surface area is 125 Å². The molecule has 108 valence electrons. The first-order valence-corrected chi connectivity index (χ1v) is 7.62. The van der Waals surface area contributed by atoms with E-state index in [1.807, 2.05) is 6.20 Å². The van der Waals surface area contributed by atoms with Crippen LogP contribution in [0.15, 0.2) is 54.7 Å². The van der Waals surface area contributed by atoms with Gasteiger partial charge in [0.25, 0.3) is 0 Å². The fourth-order valence-corrected chi connectivity index (χ4v) is 2.69. The van der Waals surface area contributed by atoms with Gasteiger partial charge in [-0.15, -0.1) is 0 Å². The molecule has 0 bridgehead atoms. The van der Waals surface area contributed by atoms with E-state index in [0.29, 0.717) is 6.04 Å². The first-order valence-electron chi connectivity index (χ1n) is 7.62. The number of H-pyrrole nitrogens is 1. The summed E-state index contributed by atoms with van der Waals surface area (Å²) in [4.78, 5) is 0. The lowest BCUT2D eigenvalue weighted by atomic mass is 10.0. The van der Waals surface area contributed by atoms with Gasteiger partial charge in [0.1, 0.15) is 0 Å². The van der Waals surface area contributed by atoms with Crippen LogP contribution in [0, 0.1) is 0 Å². The number of hydrogen-bond acceptors (Lipinski definition) is 2. The molecule has 1 unspecified atom stereocenters. The summed E-state index contributed by atoms with van der Waals surface area (Å²) in [5, 5.41) is 12.1. The van der Waals surface area contributed by atoms with Gasteiger partial charge in [-0.1, -0.05) is 62.2 Å². The highest BCUT2D eigenvalue weighted by Crippen LogP contribution is 2.28. The summed E-state index contributed by atoms with van der Waals surface area (Å²) >= 11 is 0. The number of unbranched alkanes of at least 4 members (excludes halogenated alkanes) is 1. The molecule has 0 saturated carbocycles. The van der Waals surface area contributed by atoms with Gasteiger partial charge in [-0.3, -0.25) is 5.10 Å². The smallest absolute Gasteiger partial charge is 0.0881 e. The van der Waals surface area contributed by atoms with Crippen LogP contribution in [-0.4, -0.2) is 10.2 Å². The van der Waals surface area contributed by atoms with Gasteiger partial charge < -0.3 is 5.32 Å². The highest BCUT2D eigenvalue weighted by molar-refractivity contribution is 5.90. The van der Waals surface area contributed by atoms with Crippen molar-refractivity contribution in [2.75, 3.05) is 5.32 Å². The molecule has 0 fully saturated rings. The quantitative estimate of drug-likeness (QED) is 0.673. The monoisotopic (exact) mass is 279 g/mol. The second kappa shape index (κ2) is 6.44. The van der Waals surface area contributed by atoms with Crippen molar-refractivity contribution in [3.8, 4) is 0 Å². The number of aromatic amines is 1. The predicted molar refractivity (Wildman–Crippen MR) is 88.4 cm³/mol. The molecule has 3 nitrogen and oxygen atoms in total. The molecule has 3 heteroatoms. The molecule has 0 saturated heterocycles. The SMILES string of the molecule is CCCCC(Nc1cccc2cn[nH]c12)c1ccccc1. The number of benzene rings is 2. The fraction of sp³-hybridized carbons (Fsp3) is 0.278. The molecule has 21 heavy (non-hydrogen) atoms. The average molecular weight is 279 g/mol. The van der Waals surface area contributed by atoms with Gasteiger partial charge in [-0.2, -0.15) is 5.10 Å². The summed E-state index contributed by atoms with van der Waals surface area (Å²) in [7, 11) is 0. The van der Waals surface area contributed by atoms with E-state index in [4.69, 9.17) is 0 Å².